The van der Waals surface area contributed by atoms with Crippen LogP contribution in [0.1, 0.15) is 31.4 Å². The summed E-state index contributed by atoms with van der Waals surface area (Å²) in [5, 5.41) is 0.683. The molecule has 0 spiro atoms. The van der Waals surface area contributed by atoms with Crippen LogP contribution >= 0.6 is 23.4 Å². The highest BCUT2D eigenvalue weighted by atomic mass is 35.5. The summed E-state index contributed by atoms with van der Waals surface area (Å²) >= 11 is 7.52. The molecule has 0 bridgehead atoms. The Morgan fingerprint density at radius 1 is 1.13 bits per heavy atom. The molecule has 120 valence electrons. The van der Waals surface area contributed by atoms with Gasteiger partial charge in [0.25, 0.3) is 0 Å². The standard InChI is InChI=1S/C19H18ClFOS/c1-19(2)11-15(12-5-4-6-14(20)9-12)18(22-19)13-7-8-17(23-3)16(21)10-13/h4-10H,11H2,1-3H3. The Kier molecular flexibility index (Phi) is 4.43. The molecule has 3 rings (SSSR count). The van der Waals surface area contributed by atoms with Crippen LogP contribution in [0.15, 0.2) is 47.4 Å². The maximum absolute atomic E-state index is 14.2. The van der Waals surface area contributed by atoms with E-state index in [9.17, 15) is 4.39 Å². The summed E-state index contributed by atoms with van der Waals surface area (Å²) in [4.78, 5) is 0.635. The normalized spacial score (nSPS) is 16.6. The lowest BCUT2D eigenvalue weighted by atomic mass is 9.94. The molecule has 2 aromatic rings. The average Bonchev–Trinajstić information content (AvgIpc) is 2.83. The number of benzene rings is 2. The molecule has 0 radical (unpaired) electrons. The lowest BCUT2D eigenvalue weighted by Crippen LogP contribution is -2.17. The van der Waals surface area contributed by atoms with Gasteiger partial charge in [-0.2, -0.15) is 0 Å². The van der Waals surface area contributed by atoms with Gasteiger partial charge in [0.05, 0.1) is 0 Å². The first-order valence-electron chi connectivity index (χ1n) is 7.42. The molecule has 1 heterocycles. The third kappa shape index (κ3) is 3.41. The van der Waals surface area contributed by atoms with Gasteiger partial charge in [-0.05, 0) is 56.0 Å². The highest BCUT2D eigenvalue weighted by Gasteiger charge is 2.34. The summed E-state index contributed by atoms with van der Waals surface area (Å²) < 4.78 is 20.3. The third-order valence-electron chi connectivity index (χ3n) is 3.84. The van der Waals surface area contributed by atoms with Crippen molar-refractivity contribution in [2.75, 3.05) is 6.26 Å². The summed E-state index contributed by atoms with van der Waals surface area (Å²) in [6, 6.07) is 13.0. The molecule has 0 fully saturated rings. The van der Waals surface area contributed by atoms with Crippen molar-refractivity contribution in [2.45, 2.75) is 30.8 Å². The van der Waals surface area contributed by atoms with Crippen LogP contribution < -0.4 is 0 Å². The van der Waals surface area contributed by atoms with Crippen molar-refractivity contribution in [2.24, 2.45) is 0 Å². The SMILES string of the molecule is CSc1ccc(C2=C(c3cccc(Cl)c3)CC(C)(C)O2)cc1F. The van der Waals surface area contributed by atoms with Gasteiger partial charge in [0, 0.05) is 27.5 Å². The minimum atomic E-state index is -0.318. The topological polar surface area (TPSA) is 9.23 Å². The summed E-state index contributed by atoms with van der Waals surface area (Å²) in [7, 11) is 0. The van der Waals surface area contributed by atoms with Crippen molar-refractivity contribution in [3.8, 4) is 0 Å². The molecule has 1 aliphatic rings. The van der Waals surface area contributed by atoms with Gasteiger partial charge in [-0.15, -0.1) is 11.8 Å². The van der Waals surface area contributed by atoms with Crippen molar-refractivity contribution >= 4 is 34.7 Å². The predicted octanol–water partition coefficient (Wildman–Crippen LogP) is 6.27. The van der Waals surface area contributed by atoms with Gasteiger partial charge in [0.1, 0.15) is 17.2 Å². The Hall–Kier alpha value is -1.45. The van der Waals surface area contributed by atoms with Crippen molar-refractivity contribution in [1.82, 2.24) is 0 Å². The third-order valence-corrected chi connectivity index (χ3v) is 4.85. The van der Waals surface area contributed by atoms with E-state index in [2.05, 4.69) is 0 Å². The number of hydrogen-bond donors (Lipinski definition) is 0. The molecule has 0 aliphatic carbocycles. The van der Waals surface area contributed by atoms with Crippen molar-refractivity contribution in [3.05, 3.63) is 64.4 Å². The van der Waals surface area contributed by atoms with Crippen LogP contribution in [0, 0.1) is 5.82 Å². The second-order valence-electron chi connectivity index (χ2n) is 6.21. The zero-order valence-corrected chi connectivity index (χ0v) is 14.9. The average molecular weight is 349 g/mol. The quantitative estimate of drug-likeness (QED) is 0.604. The molecule has 0 N–H and O–H groups in total. The summed E-state index contributed by atoms with van der Waals surface area (Å²) in [5.74, 6) is 0.519. The number of halogens is 2. The lowest BCUT2D eigenvalue weighted by Gasteiger charge is -2.19. The molecule has 0 saturated heterocycles. The van der Waals surface area contributed by atoms with E-state index in [1.807, 2.05) is 50.4 Å². The summed E-state index contributed by atoms with van der Waals surface area (Å²) in [5.41, 5.74) is 2.53. The van der Waals surface area contributed by atoms with Crippen LogP contribution in [0.2, 0.25) is 5.02 Å². The van der Waals surface area contributed by atoms with E-state index in [-0.39, 0.29) is 11.4 Å². The second kappa shape index (κ2) is 6.21. The molecule has 0 aromatic heterocycles. The zero-order chi connectivity index (χ0) is 16.6. The fraction of sp³-hybridized carbons (Fsp3) is 0.263. The first-order chi connectivity index (χ1) is 10.9. The van der Waals surface area contributed by atoms with Gasteiger partial charge in [-0.3, -0.25) is 0 Å². The van der Waals surface area contributed by atoms with E-state index in [4.69, 9.17) is 16.3 Å². The number of thioether (sulfide) groups is 1. The maximum Gasteiger partial charge on any atom is 0.137 e. The van der Waals surface area contributed by atoms with Gasteiger partial charge in [0.2, 0.25) is 0 Å². The van der Waals surface area contributed by atoms with E-state index in [1.54, 1.807) is 12.1 Å². The molecule has 1 aliphatic heterocycles. The highest BCUT2D eigenvalue weighted by Crippen LogP contribution is 2.44. The van der Waals surface area contributed by atoms with Crippen LogP contribution in [0.5, 0.6) is 0 Å². The largest absolute Gasteiger partial charge is 0.487 e. The van der Waals surface area contributed by atoms with E-state index in [0.717, 1.165) is 28.9 Å². The highest BCUT2D eigenvalue weighted by molar-refractivity contribution is 7.98. The van der Waals surface area contributed by atoms with E-state index in [1.165, 1.54) is 11.8 Å². The van der Waals surface area contributed by atoms with Crippen LogP contribution in [0.4, 0.5) is 4.39 Å². The van der Waals surface area contributed by atoms with Gasteiger partial charge in [-0.25, -0.2) is 4.39 Å². The van der Waals surface area contributed by atoms with Crippen molar-refractivity contribution in [3.63, 3.8) is 0 Å². The molecule has 1 nitrogen and oxygen atoms in total. The zero-order valence-electron chi connectivity index (χ0n) is 13.3. The fourth-order valence-corrected chi connectivity index (χ4v) is 3.48. The van der Waals surface area contributed by atoms with Crippen molar-refractivity contribution in [1.29, 1.82) is 0 Å². The first kappa shape index (κ1) is 16.4. The van der Waals surface area contributed by atoms with Crippen LogP contribution in [-0.2, 0) is 4.74 Å². The number of ether oxygens (including phenoxy) is 1. The Labute approximate surface area is 145 Å². The Balaban J connectivity index is 2.12. The Morgan fingerprint density at radius 3 is 2.57 bits per heavy atom. The summed E-state index contributed by atoms with van der Waals surface area (Å²) in [6.07, 6.45) is 2.62. The minimum Gasteiger partial charge on any atom is -0.487 e. The molecular formula is C19H18ClFOS. The molecule has 0 saturated carbocycles. The molecular weight excluding hydrogens is 331 g/mol. The van der Waals surface area contributed by atoms with Gasteiger partial charge < -0.3 is 4.74 Å². The van der Waals surface area contributed by atoms with Crippen molar-refractivity contribution < 1.29 is 9.13 Å². The summed E-state index contributed by atoms with van der Waals surface area (Å²) in [6.45, 7) is 4.08. The van der Waals surface area contributed by atoms with Gasteiger partial charge >= 0.3 is 0 Å². The fourth-order valence-electron chi connectivity index (χ4n) is 2.83. The molecule has 0 amide bonds. The Bertz CT molecular complexity index is 783. The minimum absolute atomic E-state index is 0.221. The molecule has 23 heavy (non-hydrogen) atoms. The molecule has 2 aromatic carbocycles. The van der Waals surface area contributed by atoms with Gasteiger partial charge in [-0.1, -0.05) is 23.7 Å². The molecule has 4 heteroatoms. The Morgan fingerprint density at radius 2 is 1.91 bits per heavy atom. The smallest absolute Gasteiger partial charge is 0.137 e. The van der Waals surface area contributed by atoms with Crippen LogP contribution in [0.3, 0.4) is 0 Å². The molecule has 0 atom stereocenters. The van der Waals surface area contributed by atoms with Crippen LogP contribution in [0.25, 0.3) is 11.3 Å². The molecule has 0 unspecified atom stereocenters. The predicted molar refractivity (Wildman–Crippen MR) is 96.2 cm³/mol. The van der Waals surface area contributed by atoms with E-state index >= 15 is 0 Å². The monoisotopic (exact) mass is 348 g/mol. The van der Waals surface area contributed by atoms with Gasteiger partial charge in [0.15, 0.2) is 0 Å². The first-order valence-corrected chi connectivity index (χ1v) is 9.02. The lowest BCUT2D eigenvalue weighted by molar-refractivity contribution is 0.101. The van der Waals surface area contributed by atoms with E-state index < -0.39 is 0 Å². The van der Waals surface area contributed by atoms with Crippen LogP contribution in [-0.4, -0.2) is 11.9 Å². The second-order valence-corrected chi connectivity index (χ2v) is 7.49. The number of hydrogen-bond acceptors (Lipinski definition) is 2. The maximum atomic E-state index is 14.2. The van der Waals surface area contributed by atoms with E-state index in [0.29, 0.717) is 9.92 Å². The number of rotatable bonds is 3.